The van der Waals surface area contributed by atoms with Crippen LogP contribution in [0.2, 0.25) is 0 Å². The molecule has 0 amide bonds. The molecule has 1 N–H and O–H groups in total. The first-order valence-corrected chi connectivity index (χ1v) is 4.58. The molecule has 4 heteroatoms. The zero-order valence-corrected chi connectivity index (χ0v) is 9.28. The number of hydrogen-bond acceptors (Lipinski definition) is 3. The SMILES string of the molecule is COCC(C)N(C)CC=C(C)C(=O)O. The number of nitrogens with zero attached hydrogens (tertiary/aromatic N) is 1. The predicted molar refractivity (Wildman–Crippen MR) is 55.4 cm³/mol. The lowest BCUT2D eigenvalue weighted by Crippen LogP contribution is -2.32. The van der Waals surface area contributed by atoms with Crippen LogP contribution in [0.25, 0.3) is 0 Å². The molecule has 0 bridgehead atoms. The van der Waals surface area contributed by atoms with Gasteiger partial charge in [0.1, 0.15) is 0 Å². The highest BCUT2D eigenvalue weighted by Crippen LogP contribution is 1.98. The largest absolute Gasteiger partial charge is 0.478 e. The lowest BCUT2D eigenvalue weighted by molar-refractivity contribution is -0.132. The zero-order valence-electron chi connectivity index (χ0n) is 9.28. The summed E-state index contributed by atoms with van der Waals surface area (Å²) in [5, 5.41) is 8.63. The maximum Gasteiger partial charge on any atom is 0.330 e. The van der Waals surface area contributed by atoms with E-state index < -0.39 is 5.97 Å². The van der Waals surface area contributed by atoms with Gasteiger partial charge in [0.05, 0.1) is 6.61 Å². The number of aliphatic carboxylic acids is 1. The van der Waals surface area contributed by atoms with Gasteiger partial charge in [0.15, 0.2) is 0 Å². The fourth-order valence-electron chi connectivity index (χ4n) is 0.917. The summed E-state index contributed by atoms with van der Waals surface area (Å²) in [7, 11) is 3.60. The minimum atomic E-state index is -0.863. The Hall–Kier alpha value is -0.870. The van der Waals surface area contributed by atoms with E-state index in [-0.39, 0.29) is 6.04 Å². The smallest absolute Gasteiger partial charge is 0.330 e. The van der Waals surface area contributed by atoms with Crippen molar-refractivity contribution in [1.29, 1.82) is 0 Å². The van der Waals surface area contributed by atoms with Crippen molar-refractivity contribution >= 4 is 5.97 Å². The summed E-state index contributed by atoms with van der Waals surface area (Å²) in [6.45, 7) is 4.91. The van der Waals surface area contributed by atoms with E-state index in [1.54, 1.807) is 20.1 Å². The summed E-state index contributed by atoms with van der Waals surface area (Å²) in [5.41, 5.74) is 0.376. The Morgan fingerprint density at radius 1 is 1.64 bits per heavy atom. The normalized spacial score (nSPS) is 14.5. The van der Waals surface area contributed by atoms with Crippen molar-refractivity contribution in [3.8, 4) is 0 Å². The number of likely N-dealkylation sites (N-methyl/N-ethyl adjacent to an activating group) is 1. The van der Waals surface area contributed by atoms with Gasteiger partial charge >= 0.3 is 5.97 Å². The van der Waals surface area contributed by atoms with Gasteiger partial charge in [0, 0.05) is 25.3 Å². The van der Waals surface area contributed by atoms with Gasteiger partial charge in [0.25, 0.3) is 0 Å². The van der Waals surface area contributed by atoms with Crippen molar-refractivity contribution < 1.29 is 14.6 Å². The lowest BCUT2D eigenvalue weighted by atomic mass is 10.2. The van der Waals surface area contributed by atoms with Crippen molar-refractivity contribution in [3.05, 3.63) is 11.6 Å². The van der Waals surface area contributed by atoms with E-state index in [9.17, 15) is 4.79 Å². The third-order valence-corrected chi connectivity index (χ3v) is 2.18. The van der Waals surface area contributed by atoms with E-state index in [1.165, 1.54) is 0 Å². The van der Waals surface area contributed by atoms with E-state index >= 15 is 0 Å². The van der Waals surface area contributed by atoms with E-state index in [0.29, 0.717) is 18.7 Å². The second-order valence-corrected chi connectivity index (χ2v) is 3.44. The molecule has 0 aromatic carbocycles. The van der Waals surface area contributed by atoms with Crippen LogP contribution in [0.3, 0.4) is 0 Å². The topological polar surface area (TPSA) is 49.8 Å². The quantitative estimate of drug-likeness (QED) is 0.651. The lowest BCUT2D eigenvalue weighted by Gasteiger charge is -2.22. The molecule has 0 heterocycles. The van der Waals surface area contributed by atoms with E-state index in [1.807, 2.05) is 18.9 Å². The molecule has 0 aromatic heterocycles. The number of carboxylic acid groups (broad SMARTS) is 1. The molecule has 0 aliphatic rings. The van der Waals surface area contributed by atoms with E-state index in [2.05, 4.69) is 0 Å². The van der Waals surface area contributed by atoms with Gasteiger partial charge in [-0.2, -0.15) is 0 Å². The third kappa shape index (κ3) is 4.99. The second kappa shape index (κ2) is 6.56. The van der Waals surface area contributed by atoms with Crippen LogP contribution in [-0.2, 0) is 9.53 Å². The Balaban J connectivity index is 4.00. The summed E-state index contributed by atoms with van der Waals surface area (Å²) < 4.78 is 5.00. The van der Waals surface area contributed by atoms with Crippen LogP contribution in [0.4, 0.5) is 0 Å². The van der Waals surface area contributed by atoms with Crippen LogP contribution in [0.15, 0.2) is 11.6 Å². The number of rotatable bonds is 6. The molecule has 14 heavy (non-hydrogen) atoms. The first-order valence-electron chi connectivity index (χ1n) is 4.58. The van der Waals surface area contributed by atoms with Crippen LogP contribution in [0.5, 0.6) is 0 Å². The van der Waals surface area contributed by atoms with Gasteiger partial charge in [-0.05, 0) is 20.9 Å². The van der Waals surface area contributed by atoms with Gasteiger partial charge in [-0.1, -0.05) is 6.08 Å². The number of carbonyl (C=O) groups is 1. The molecule has 0 aliphatic carbocycles. The first-order chi connectivity index (χ1) is 6.49. The molecule has 1 atom stereocenters. The van der Waals surface area contributed by atoms with Crippen LogP contribution >= 0.6 is 0 Å². The molecular weight excluding hydrogens is 182 g/mol. The zero-order chi connectivity index (χ0) is 11.1. The second-order valence-electron chi connectivity index (χ2n) is 3.44. The molecule has 0 radical (unpaired) electrons. The molecule has 1 unspecified atom stereocenters. The maximum absolute atomic E-state index is 10.5. The molecule has 82 valence electrons. The van der Waals surface area contributed by atoms with Gasteiger partial charge in [-0.25, -0.2) is 4.79 Å². The minimum absolute atomic E-state index is 0.290. The van der Waals surface area contributed by atoms with Crippen molar-refractivity contribution in [3.63, 3.8) is 0 Å². The summed E-state index contributed by atoms with van der Waals surface area (Å²) in [6.07, 6.45) is 1.70. The average Bonchev–Trinajstić information content (AvgIpc) is 2.13. The van der Waals surface area contributed by atoms with E-state index in [0.717, 1.165) is 0 Å². The van der Waals surface area contributed by atoms with Crippen LogP contribution < -0.4 is 0 Å². The highest BCUT2D eigenvalue weighted by Gasteiger charge is 2.07. The van der Waals surface area contributed by atoms with Crippen LogP contribution in [0.1, 0.15) is 13.8 Å². The fourth-order valence-corrected chi connectivity index (χ4v) is 0.917. The summed E-state index contributed by atoms with van der Waals surface area (Å²) in [5.74, 6) is -0.863. The Morgan fingerprint density at radius 2 is 2.21 bits per heavy atom. The third-order valence-electron chi connectivity index (χ3n) is 2.18. The monoisotopic (exact) mass is 201 g/mol. The highest BCUT2D eigenvalue weighted by molar-refractivity contribution is 5.85. The molecule has 0 saturated carbocycles. The Morgan fingerprint density at radius 3 is 2.64 bits per heavy atom. The minimum Gasteiger partial charge on any atom is -0.478 e. The molecular formula is C10H19NO3. The Kier molecular flexibility index (Phi) is 6.16. The Bertz CT molecular complexity index is 213. The van der Waals surface area contributed by atoms with Crippen molar-refractivity contribution in [2.45, 2.75) is 19.9 Å². The number of hydrogen-bond donors (Lipinski definition) is 1. The first kappa shape index (κ1) is 13.1. The average molecular weight is 201 g/mol. The fraction of sp³-hybridized carbons (Fsp3) is 0.700. The standard InChI is InChI=1S/C10H19NO3/c1-8(10(12)13)5-6-11(3)9(2)7-14-4/h5,9H,6-7H2,1-4H3,(H,12,13). The molecule has 4 nitrogen and oxygen atoms in total. The van der Waals surface area contributed by atoms with Gasteiger partial charge in [-0.15, -0.1) is 0 Å². The van der Waals surface area contributed by atoms with Crippen molar-refractivity contribution in [2.75, 3.05) is 27.3 Å². The molecule has 0 spiro atoms. The molecule has 0 saturated heterocycles. The number of methoxy groups -OCH3 is 1. The van der Waals surface area contributed by atoms with Crippen molar-refractivity contribution in [1.82, 2.24) is 4.90 Å². The number of ether oxygens (including phenoxy) is 1. The highest BCUT2D eigenvalue weighted by atomic mass is 16.5. The van der Waals surface area contributed by atoms with Gasteiger partial charge in [-0.3, -0.25) is 4.90 Å². The van der Waals surface area contributed by atoms with Crippen LogP contribution in [-0.4, -0.2) is 49.3 Å². The van der Waals surface area contributed by atoms with Crippen molar-refractivity contribution in [2.24, 2.45) is 0 Å². The summed E-state index contributed by atoms with van der Waals surface area (Å²) in [6, 6.07) is 0.290. The Labute approximate surface area is 85.2 Å². The molecule has 0 fully saturated rings. The number of carboxylic acids is 1. The van der Waals surface area contributed by atoms with E-state index in [4.69, 9.17) is 9.84 Å². The summed E-state index contributed by atoms with van der Waals surface area (Å²) >= 11 is 0. The molecule has 0 aliphatic heterocycles. The molecule has 0 rings (SSSR count). The summed E-state index contributed by atoms with van der Waals surface area (Å²) in [4.78, 5) is 12.5. The molecule has 0 aromatic rings. The predicted octanol–water partition coefficient (Wildman–Crippen LogP) is 0.984. The maximum atomic E-state index is 10.5. The van der Waals surface area contributed by atoms with Gasteiger partial charge in [0.2, 0.25) is 0 Å². The van der Waals surface area contributed by atoms with Crippen LogP contribution in [0, 0.1) is 0 Å². The van der Waals surface area contributed by atoms with Gasteiger partial charge < -0.3 is 9.84 Å².